The van der Waals surface area contributed by atoms with Crippen molar-refractivity contribution in [2.45, 2.75) is 6.54 Å². The highest BCUT2D eigenvalue weighted by Gasteiger charge is 1.97. The minimum Gasteiger partial charge on any atom is -0.348 e. The summed E-state index contributed by atoms with van der Waals surface area (Å²) in [6, 6.07) is 13.5. The third-order valence-electron chi connectivity index (χ3n) is 2.30. The first-order chi connectivity index (χ1) is 8.74. The van der Waals surface area contributed by atoms with E-state index < -0.39 is 0 Å². The van der Waals surface area contributed by atoms with Crippen LogP contribution in [0, 0.1) is 0 Å². The molecule has 0 radical (unpaired) electrons. The van der Waals surface area contributed by atoms with Gasteiger partial charge < -0.3 is 5.32 Å². The van der Waals surface area contributed by atoms with Crippen LogP contribution >= 0.6 is 22.9 Å². The standard InChI is InChI=1S/C14H12ClNOS/c15-13-8-6-12(18-13)7-9-14(17)16-10-11-4-2-1-3-5-11/h1-9H,10H2,(H,16,17)/b9-7+. The second kappa shape index (κ2) is 6.38. The third kappa shape index (κ3) is 4.02. The molecule has 1 N–H and O–H groups in total. The molecule has 0 unspecified atom stereocenters. The molecule has 4 heteroatoms. The number of benzene rings is 1. The normalized spacial score (nSPS) is 10.7. The van der Waals surface area contributed by atoms with Crippen molar-refractivity contribution in [3.63, 3.8) is 0 Å². The van der Waals surface area contributed by atoms with E-state index in [0.717, 1.165) is 14.8 Å². The highest BCUT2D eigenvalue weighted by atomic mass is 35.5. The zero-order valence-electron chi connectivity index (χ0n) is 9.60. The van der Waals surface area contributed by atoms with E-state index in [4.69, 9.17) is 11.6 Å². The molecule has 1 amide bonds. The lowest BCUT2D eigenvalue weighted by molar-refractivity contribution is -0.116. The number of halogens is 1. The van der Waals surface area contributed by atoms with Crippen molar-refractivity contribution >= 4 is 34.9 Å². The molecule has 18 heavy (non-hydrogen) atoms. The average Bonchev–Trinajstić information content (AvgIpc) is 2.81. The van der Waals surface area contributed by atoms with E-state index in [1.54, 1.807) is 6.08 Å². The molecule has 0 saturated heterocycles. The third-order valence-corrected chi connectivity index (χ3v) is 3.50. The van der Waals surface area contributed by atoms with Gasteiger partial charge in [0.25, 0.3) is 0 Å². The van der Waals surface area contributed by atoms with Gasteiger partial charge in [0.2, 0.25) is 5.91 Å². The summed E-state index contributed by atoms with van der Waals surface area (Å²) in [4.78, 5) is 12.5. The zero-order valence-corrected chi connectivity index (χ0v) is 11.2. The van der Waals surface area contributed by atoms with Crippen molar-refractivity contribution in [3.8, 4) is 0 Å². The molecular weight excluding hydrogens is 266 g/mol. The van der Waals surface area contributed by atoms with Crippen molar-refractivity contribution in [3.05, 3.63) is 63.3 Å². The van der Waals surface area contributed by atoms with Crippen molar-refractivity contribution in [2.24, 2.45) is 0 Å². The number of carbonyl (C=O) groups is 1. The molecule has 0 aliphatic heterocycles. The van der Waals surface area contributed by atoms with Gasteiger partial charge in [0.15, 0.2) is 0 Å². The van der Waals surface area contributed by atoms with E-state index in [9.17, 15) is 4.79 Å². The predicted molar refractivity (Wildman–Crippen MR) is 76.7 cm³/mol. The first-order valence-electron chi connectivity index (χ1n) is 5.49. The van der Waals surface area contributed by atoms with Crippen LogP contribution in [0.4, 0.5) is 0 Å². The van der Waals surface area contributed by atoms with Crippen molar-refractivity contribution in [1.82, 2.24) is 5.32 Å². The van der Waals surface area contributed by atoms with Gasteiger partial charge in [-0.05, 0) is 23.8 Å². The van der Waals surface area contributed by atoms with Gasteiger partial charge in [-0.1, -0.05) is 41.9 Å². The molecule has 0 saturated carbocycles. The maximum absolute atomic E-state index is 11.6. The van der Waals surface area contributed by atoms with Gasteiger partial charge in [0.05, 0.1) is 4.34 Å². The van der Waals surface area contributed by atoms with E-state index in [1.807, 2.05) is 42.5 Å². The summed E-state index contributed by atoms with van der Waals surface area (Å²) in [6.45, 7) is 0.537. The Labute approximate surface area is 115 Å². The van der Waals surface area contributed by atoms with Gasteiger partial charge in [-0.3, -0.25) is 4.79 Å². The molecule has 0 aliphatic rings. The van der Waals surface area contributed by atoms with Crippen LogP contribution in [-0.4, -0.2) is 5.91 Å². The van der Waals surface area contributed by atoms with Crippen LogP contribution in [0.15, 0.2) is 48.5 Å². The van der Waals surface area contributed by atoms with E-state index in [1.165, 1.54) is 17.4 Å². The number of rotatable bonds is 4. The highest BCUT2D eigenvalue weighted by molar-refractivity contribution is 7.17. The molecule has 0 atom stereocenters. The van der Waals surface area contributed by atoms with E-state index in [0.29, 0.717) is 6.54 Å². The molecule has 0 bridgehead atoms. The smallest absolute Gasteiger partial charge is 0.244 e. The zero-order chi connectivity index (χ0) is 12.8. The van der Waals surface area contributed by atoms with Crippen LogP contribution in [0.1, 0.15) is 10.4 Å². The average molecular weight is 278 g/mol. The summed E-state index contributed by atoms with van der Waals surface area (Å²) < 4.78 is 0.722. The van der Waals surface area contributed by atoms with Crippen LogP contribution in [0.25, 0.3) is 6.08 Å². The molecule has 0 aliphatic carbocycles. The van der Waals surface area contributed by atoms with Crippen molar-refractivity contribution in [2.75, 3.05) is 0 Å². The number of thiophene rings is 1. The predicted octanol–water partition coefficient (Wildman–Crippen LogP) is 3.73. The topological polar surface area (TPSA) is 29.1 Å². The molecule has 2 aromatic rings. The number of hydrogen-bond donors (Lipinski definition) is 1. The number of nitrogens with one attached hydrogen (secondary N) is 1. The van der Waals surface area contributed by atoms with Crippen LogP contribution in [0.5, 0.6) is 0 Å². The number of hydrogen-bond acceptors (Lipinski definition) is 2. The number of amides is 1. The van der Waals surface area contributed by atoms with E-state index in [-0.39, 0.29) is 5.91 Å². The first-order valence-corrected chi connectivity index (χ1v) is 6.68. The van der Waals surface area contributed by atoms with E-state index in [2.05, 4.69) is 5.32 Å². The second-order valence-electron chi connectivity index (χ2n) is 3.68. The molecule has 1 aromatic carbocycles. The fraction of sp³-hybridized carbons (Fsp3) is 0.0714. The lowest BCUT2D eigenvalue weighted by atomic mass is 10.2. The van der Waals surface area contributed by atoms with Crippen LogP contribution in [-0.2, 0) is 11.3 Å². The lowest BCUT2D eigenvalue weighted by Crippen LogP contribution is -2.19. The van der Waals surface area contributed by atoms with Gasteiger partial charge in [-0.15, -0.1) is 11.3 Å². The SMILES string of the molecule is O=C(/C=C/c1ccc(Cl)s1)NCc1ccccc1. The largest absolute Gasteiger partial charge is 0.348 e. The Morgan fingerprint density at radius 1 is 1.22 bits per heavy atom. The summed E-state index contributed by atoms with van der Waals surface area (Å²) in [6.07, 6.45) is 3.28. The quantitative estimate of drug-likeness (QED) is 0.848. The Hall–Kier alpha value is -1.58. The summed E-state index contributed by atoms with van der Waals surface area (Å²) >= 11 is 7.24. The van der Waals surface area contributed by atoms with Gasteiger partial charge in [0.1, 0.15) is 0 Å². The van der Waals surface area contributed by atoms with E-state index >= 15 is 0 Å². The summed E-state index contributed by atoms with van der Waals surface area (Å²) in [5.41, 5.74) is 1.08. The molecule has 2 rings (SSSR count). The Morgan fingerprint density at radius 2 is 2.00 bits per heavy atom. The fourth-order valence-corrected chi connectivity index (χ4v) is 2.38. The Kier molecular flexibility index (Phi) is 4.56. The molecule has 1 heterocycles. The van der Waals surface area contributed by atoms with Crippen LogP contribution in [0.2, 0.25) is 4.34 Å². The first kappa shape index (κ1) is 12.9. The van der Waals surface area contributed by atoms with Gasteiger partial charge >= 0.3 is 0 Å². The second-order valence-corrected chi connectivity index (χ2v) is 5.43. The van der Waals surface area contributed by atoms with Crippen LogP contribution in [0.3, 0.4) is 0 Å². The molecule has 0 fully saturated rings. The summed E-state index contributed by atoms with van der Waals surface area (Å²) in [7, 11) is 0. The van der Waals surface area contributed by atoms with Gasteiger partial charge in [-0.25, -0.2) is 0 Å². The summed E-state index contributed by atoms with van der Waals surface area (Å²) in [5.74, 6) is -0.108. The van der Waals surface area contributed by atoms with Crippen molar-refractivity contribution < 1.29 is 4.79 Å². The molecule has 92 valence electrons. The maximum Gasteiger partial charge on any atom is 0.244 e. The Bertz CT molecular complexity index is 548. The lowest BCUT2D eigenvalue weighted by Gasteiger charge is -2.01. The summed E-state index contributed by atoms with van der Waals surface area (Å²) in [5, 5.41) is 2.82. The Balaban J connectivity index is 1.84. The van der Waals surface area contributed by atoms with Gasteiger partial charge in [0, 0.05) is 17.5 Å². The molecule has 1 aromatic heterocycles. The van der Waals surface area contributed by atoms with Gasteiger partial charge in [-0.2, -0.15) is 0 Å². The molecule has 0 spiro atoms. The molecule has 2 nitrogen and oxygen atoms in total. The maximum atomic E-state index is 11.6. The fourth-order valence-electron chi connectivity index (χ4n) is 1.42. The van der Waals surface area contributed by atoms with Crippen molar-refractivity contribution in [1.29, 1.82) is 0 Å². The minimum absolute atomic E-state index is 0.108. The monoisotopic (exact) mass is 277 g/mol. The number of carbonyl (C=O) groups excluding carboxylic acids is 1. The Morgan fingerprint density at radius 3 is 2.67 bits per heavy atom. The molecular formula is C14H12ClNOS. The van der Waals surface area contributed by atoms with Crippen LogP contribution < -0.4 is 5.32 Å². The minimum atomic E-state index is -0.108. The highest BCUT2D eigenvalue weighted by Crippen LogP contribution is 2.22.